The smallest absolute Gasteiger partial charge is 0.180 e. The molecular formula is C29H32O5S. The molecule has 5 nitrogen and oxygen atoms in total. The maximum absolute atomic E-state index is 14.1. The molecule has 184 valence electrons. The van der Waals surface area contributed by atoms with Crippen molar-refractivity contribution in [1.82, 2.24) is 0 Å². The van der Waals surface area contributed by atoms with Gasteiger partial charge in [0.1, 0.15) is 11.5 Å². The van der Waals surface area contributed by atoms with Crippen LogP contribution in [0.1, 0.15) is 47.7 Å². The van der Waals surface area contributed by atoms with Gasteiger partial charge < -0.3 is 18.9 Å². The molecule has 35 heavy (non-hydrogen) atoms. The van der Waals surface area contributed by atoms with Crippen LogP contribution in [0.15, 0.2) is 65.6 Å². The van der Waals surface area contributed by atoms with Crippen molar-refractivity contribution in [2.24, 2.45) is 0 Å². The quantitative estimate of drug-likeness (QED) is 0.350. The molecule has 2 atom stereocenters. The van der Waals surface area contributed by atoms with Crippen LogP contribution in [0.2, 0.25) is 0 Å². The van der Waals surface area contributed by atoms with E-state index in [0.29, 0.717) is 35.0 Å². The van der Waals surface area contributed by atoms with E-state index in [-0.39, 0.29) is 17.0 Å². The van der Waals surface area contributed by atoms with Crippen molar-refractivity contribution in [3.8, 4) is 23.0 Å². The molecule has 0 N–H and O–H groups in total. The second kappa shape index (κ2) is 10.2. The van der Waals surface area contributed by atoms with Crippen molar-refractivity contribution in [1.29, 1.82) is 0 Å². The number of Topliss-reactive ketones (excluding diaryl/α,β-unsaturated/α-hetero) is 1. The number of hydrogen-bond donors (Lipinski definition) is 0. The van der Waals surface area contributed by atoms with Crippen molar-refractivity contribution in [3.63, 3.8) is 0 Å². The largest absolute Gasteiger partial charge is 0.497 e. The molecule has 3 aromatic rings. The summed E-state index contributed by atoms with van der Waals surface area (Å²) in [7, 11) is 6.51. The molecule has 3 aromatic carbocycles. The van der Waals surface area contributed by atoms with Gasteiger partial charge in [-0.15, -0.1) is 11.8 Å². The zero-order chi connectivity index (χ0) is 25.2. The fourth-order valence-electron chi connectivity index (χ4n) is 4.98. The average molecular weight is 493 g/mol. The molecule has 0 aromatic heterocycles. The first-order valence-corrected chi connectivity index (χ1v) is 12.5. The van der Waals surface area contributed by atoms with Crippen LogP contribution >= 0.6 is 11.8 Å². The summed E-state index contributed by atoms with van der Waals surface area (Å²) in [5, 5.41) is -0.293. The van der Waals surface area contributed by atoms with E-state index in [2.05, 4.69) is 19.9 Å². The summed E-state index contributed by atoms with van der Waals surface area (Å²) in [5.41, 5.74) is 2.25. The van der Waals surface area contributed by atoms with E-state index >= 15 is 0 Å². The predicted molar refractivity (Wildman–Crippen MR) is 140 cm³/mol. The first kappa shape index (κ1) is 25.0. The molecule has 0 saturated carbocycles. The minimum atomic E-state index is -0.404. The molecule has 1 aliphatic rings. The molecule has 6 heteroatoms. The topological polar surface area (TPSA) is 54.0 Å². The van der Waals surface area contributed by atoms with E-state index in [9.17, 15) is 4.79 Å². The summed E-state index contributed by atoms with van der Waals surface area (Å²) in [6.07, 6.45) is 0.654. The highest BCUT2D eigenvalue weighted by Gasteiger charge is 2.44. The number of fused-ring (bicyclic) bond motifs is 1. The van der Waals surface area contributed by atoms with Crippen LogP contribution in [-0.4, -0.2) is 39.5 Å². The zero-order valence-corrected chi connectivity index (χ0v) is 21.9. The monoisotopic (exact) mass is 492 g/mol. The third-order valence-electron chi connectivity index (χ3n) is 6.92. The fraction of sp³-hybridized carbons (Fsp3) is 0.345. The minimum Gasteiger partial charge on any atom is -0.497 e. The maximum atomic E-state index is 14.1. The molecule has 1 aliphatic carbocycles. The van der Waals surface area contributed by atoms with Crippen LogP contribution in [0.3, 0.4) is 0 Å². The van der Waals surface area contributed by atoms with Gasteiger partial charge in [0.15, 0.2) is 17.3 Å². The van der Waals surface area contributed by atoms with Gasteiger partial charge in [0.25, 0.3) is 0 Å². The van der Waals surface area contributed by atoms with Gasteiger partial charge in [-0.3, -0.25) is 4.79 Å². The number of ether oxygens (including phenoxy) is 4. The summed E-state index contributed by atoms with van der Waals surface area (Å²) >= 11 is 1.60. The molecule has 0 spiro atoms. The van der Waals surface area contributed by atoms with Gasteiger partial charge in [0, 0.05) is 11.0 Å². The maximum Gasteiger partial charge on any atom is 0.180 e. The van der Waals surface area contributed by atoms with Gasteiger partial charge in [-0.1, -0.05) is 38.1 Å². The number of rotatable bonds is 7. The summed E-state index contributed by atoms with van der Waals surface area (Å²) in [6.45, 7) is 4.38. The highest BCUT2D eigenvalue weighted by atomic mass is 32.2. The number of ketones is 1. The molecule has 0 amide bonds. The third kappa shape index (κ3) is 4.72. The highest BCUT2D eigenvalue weighted by Crippen LogP contribution is 2.52. The number of hydrogen-bond acceptors (Lipinski definition) is 6. The van der Waals surface area contributed by atoms with Gasteiger partial charge in [-0.05, 0) is 59.2 Å². The lowest BCUT2D eigenvalue weighted by atomic mass is 9.69. The van der Waals surface area contributed by atoms with Crippen LogP contribution in [0.4, 0.5) is 0 Å². The highest BCUT2D eigenvalue weighted by molar-refractivity contribution is 8.00. The van der Waals surface area contributed by atoms with Crippen molar-refractivity contribution < 1.29 is 23.7 Å². The van der Waals surface area contributed by atoms with Crippen LogP contribution in [0.25, 0.3) is 0 Å². The molecule has 0 heterocycles. The van der Waals surface area contributed by atoms with Crippen molar-refractivity contribution >= 4 is 17.5 Å². The van der Waals surface area contributed by atoms with Crippen molar-refractivity contribution in [2.45, 2.75) is 41.7 Å². The molecule has 0 radical (unpaired) electrons. The third-order valence-corrected chi connectivity index (χ3v) is 8.15. The van der Waals surface area contributed by atoms with Crippen LogP contribution in [0.5, 0.6) is 23.0 Å². The van der Waals surface area contributed by atoms with Gasteiger partial charge in [-0.2, -0.15) is 0 Å². The van der Waals surface area contributed by atoms with E-state index in [0.717, 1.165) is 16.0 Å². The summed E-state index contributed by atoms with van der Waals surface area (Å²) in [5.74, 6) is 2.66. The number of thioether (sulfide) groups is 1. The van der Waals surface area contributed by atoms with E-state index in [1.807, 2.05) is 48.5 Å². The van der Waals surface area contributed by atoms with E-state index < -0.39 is 5.41 Å². The molecular weight excluding hydrogens is 460 g/mol. The predicted octanol–water partition coefficient (Wildman–Crippen LogP) is 6.53. The summed E-state index contributed by atoms with van der Waals surface area (Å²) in [6, 6.07) is 19.9. The second-order valence-electron chi connectivity index (χ2n) is 9.16. The Labute approximate surface area is 211 Å². The van der Waals surface area contributed by atoms with Crippen molar-refractivity contribution in [3.05, 3.63) is 77.4 Å². The minimum absolute atomic E-state index is 0.0190. The SMILES string of the molecule is COc1cc(OC)c2c(c1)C(C)(C)C(c1ccc(OC)c(OC)c1)CC(Sc1ccccc1)C2=O. The Kier molecular flexibility index (Phi) is 7.31. The van der Waals surface area contributed by atoms with E-state index in [1.54, 1.807) is 46.3 Å². The zero-order valence-electron chi connectivity index (χ0n) is 21.1. The number of carbonyl (C=O) groups excluding carboxylic acids is 1. The fourth-order valence-corrected chi connectivity index (χ4v) is 6.14. The standard InChI is InChI=1S/C29H32O5S/c1-29(2)21(18-12-13-23(32-4)24(14-18)33-5)17-26(35-20-10-8-7-9-11-20)28(30)27-22(29)15-19(31-3)16-25(27)34-6/h7-16,21,26H,17H2,1-6H3. The Morgan fingerprint density at radius 3 is 2.11 bits per heavy atom. The van der Waals surface area contributed by atoms with Crippen LogP contribution in [0, 0.1) is 0 Å². The van der Waals surface area contributed by atoms with Crippen molar-refractivity contribution in [2.75, 3.05) is 28.4 Å². The van der Waals surface area contributed by atoms with Gasteiger partial charge >= 0.3 is 0 Å². The molecule has 0 saturated heterocycles. The van der Waals surface area contributed by atoms with Gasteiger partial charge in [-0.25, -0.2) is 0 Å². The Morgan fingerprint density at radius 2 is 1.49 bits per heavy atom. The Hall–Kier alpha value is -3.12. The first-order chi connectivity index (χ1) is 16.8. The van der Waals surface area contributed by atoms with E-state index in [1.165, 1.54) is 0 Å². The summed E-state index contributed by atoms with van der Waals surface area (Å²) < 4.78 is 22.4. The molecule has 0 bridgehead atoms. The number of methoxy groups -OCH3 is 4. The lowest BCUT2D eigenvalue weighted by Crippen LogP contribution is -2.28. The molecule has 2 unspecified atom stereocenters. The normalized spacial score (nSPS) is 18.9. The molecule has 0 fully saturated rings. The van der Waals surface area contributed by atoms with Gasteiger partial charge in [0.2, 0.25) is 0 Å². The Balaban J connectivity index is 1.92. The second-order valence-corrected chi connectivity index (χ2v) is 10.4. The van der Waals surface area contributed by atoms with E-state index in [4.69, 9.17) is 18.9 Å². The molecule has 4 rings (SSSR count). The van der Waals surface area contributed by atoms with Crippen LogP contribution < -0.4 is 18.9 Å². The average Bonchev–Trinajstić information content (AvgIpc) is 2.96. The first-order valence-electron chi connectivity index (χ1n) is 11.6. The Morgan fingerprint density at radius 1 is 0.800 bits per heavy atom. The van der Waals surface area contributed by atoms with Gasteiger partial charge in [0.05, 0.1) is 39.3 Å². The number of benzene rings is 3. The summed E-state index contributed by atoms with van der Waals surface area (Å²) in [4.78, 5) is 15.2. The number of carbonyl (C=O) groups is 1. The lowest BCUT2D eigenvalue weighted by molar-refractivity contribution is 0.0984. The molecule has 0 aliphatic heterocycles. The Bertz CT molecular complexity index is 1210. The van der Waals surface area contributed by atoms with Crippen LogP contribution in [-0.2, 0) is 5.41 Å². The lowest BCUT2D eigenvalue weighted by Gasteiger charge is -2.36.